The van der Waals surface area contributed by atoms with Crippen molar-refractivity contribution in [1.29, 1.82) is 0 Å². The second-order valence-corrected chi connectivity index (χ2v) is 3.50. The van der Waals surface area contributed by atoms with E-state index in [9.17, 15) is 26.3 Å². The van der Waals surface area contributed by atoms with E-state index in [4.69, 9.17) is 0 Å². The topological polar surface area (TPSA) is 18.5 Å². The van der Waals surface area contributed by atoms with Crippen LogP contribution in [0.4, 0.5) is 26.3 Å². The number of benzene rings is 1. The van der Waals surface area contributed by atoms with Crippen molar-refractivity contribution in [3.05, 3.63) is 18.2 Å². The zero-order chi connectivity index (χ0) is 13.3. The molecule has 1 aromatic carbocycles. The monoisotopic (exact) mass is 278 g/mol. The Hall–Kier alpha value is -1.17. The highest BCUT2D eigenvalue weighted by molar-refractivity contribution is 7.27. The van der Waals surface area contributed by atoms with E-state index in [0.717, 1.165) is 12.1 Å². The SMILES string of the molecule is FC(F)(F)Oc1cc(P)cc(OC(F)(F)F)c1. The fourth-order valence-electron chi connectivity index (χ4n) is 0.979. The first-order chi connectivity index (χ1) is 7.55. The van der Waals surface area contributed by atoms with Gasteiger partial charge in [0.15, 0.2) is 0 Å². The van der Waals surface area contributed by atoms with E-state index in [1.165, 1.54) is 0 Å². The van der Waals surface area contributed by atoms with Crippen molar-refractivity contribution in [2.24, 2.45) is 0 Å². The van der Waals surface area contributed by atoms with Gasteiger partial charge in [-0.25, -0.2) is 0 Å². The molecule has 0 aromatic heterocycles. The Balaban J connectivity index is 2.95. The van der Waals surface area contributed by atoms with Crippen molar-refractivity contribution in [1.82, 2.24) is 0 Å². The molecule has 0 saturated heterocycles. The summed E-state index contributed by atoms with van der Waals surface area (Å²) >= 11 is 0. The van der Waals surface area contributed by atoms with Crippen LogP contribution in [0, 0.1) is 0 Å². The Labute approximate surface area is 93.7 Å². The number of hydrogen-bond donors (Lipinski definition) is 0. The van der Waals surface area contributed by atoms with Gasteiger partial charge in [0.1, 0.15) is 11.5 Å². The molecule has 0 fully saturated rings. The van der Waals surface area contributed by atoms with E-state index in [0.29, 0.717) is 6.07 Å². The first-order valence-electron chi connectivity index (χ1n) is 3.97. The minimum atomic E-state index is -4.98. The summed E-state index contributed by atoms with van der Waals surface area (Å²) in [7, 11) is 1.94. The summed E-state index contributed by atoms with van der Waals surface area (Å²) < 4.78 is 78.1. The molecule has 0 amide bonds. The maximum atomic E-state index is 11.9. The van der Waals surface area contributed by atoms with Gasteiger partial charge in [0.2, 0.25) is 0 Å². The molecule has 17 heavy (non-hydrogen) atoms. The molecule has 0 heterocycles. The fraction of sp³-hybridized carbons (Fsp3) is 0.250. The van der Waals surface area contributed by atoms with Gasteiger partial charge in [0.05, 0.1) is 0 Å². The van der Waals surface area contributed by atoms with Gasteiger partial charge in [0, 0.05) is 6.07 Å². The van der Waals surface area contributed by atoms with Crippen molar-refractivity contribution in [2.45, 2.75) is 12.7 Å². The Morgan fingerprint density at radius 2 is 1.12 bits per heavy atom. The molecule has 0 aliphatic heterocycles. The standard InChI is InChI=1S/C8H5F6O2P/c9-7(10,11)15-4-1-5(3-6(17)2-4)16-8(12,13)14/h1-3H,17H2. The number of ether oxygens (including phenoxy) is 2. The predicted molar refractivity (Wildman–Crippen MR) is 49.2 cm³/mol. The first-order valence-corrected chi connectivity index (χ1v) is 4.55. The van der Waals surface area contributed by atoms with Gasteiger partial charge in [-0.1, -0.05) is 0 Å². The molecule has 0 N–H and O–H groups in total. The molecule has 1 atom stereocenters. The lowest BCUT2D eigenvalue weighted by atomic mass is 10.3. The highest BCUT2D eigenvalue weighted by atomic mass is 31.0. The van der Waals surface area contributed by atoms with Gasteiger partial charge in [0.25, 0.3) is 0 Å². The summed E-state index contributed by atoms with van der Waals surface area (Å²) in [4.78, 5) is 0. The van der Waals surface area contributed by atoms with Crippen molar-refractivity contribution < 1.29 is 35.8 Å². The molecule has 0 radical (unpaired) electrons. The molecule has 1 aromatic rings. The van der Waals surface area contributed by atoms with Crippen LogP contribution in [0.25, 0.3) is 0 Å². The minimum Gasteiger partial charge on any atom is -0.406 e. The van der Waals surface area contributed by atoms with E-state index in [1.54, 1.807) is 0 Å². The summed E-state index contributed by atoms with van der Waals surface area (Å²) in [5.41, 5.74) is 0. The number of rotatable bonds is 2. The molecule has 2 nitrogen and oxygen atoms in total. The highest BCUT2D eigenvalue weighted by Crippen LogP contribution is 2.29. The van der Waals surface area contributed by atoms with Crippen molar-refractivity contribution in [3.8, 4) is 11.5 Å². The Bertz CT molecular complexity index is 366. The van der Waals surface area contributed by atoms with E-state index in [-0.39, 0.29) is 5.30 Å². The Kier molecular flexibility index (Phi) is 3.76. The number of halogens is 6. The van der Waals surface area contributed by atoms with Crippen LogP contribution in [0.5, 0.6) is 11.5 Å². The lowest BCUT2D eigenvalue weighted by Gasteiger charge is -2.13. The first kappa shape index (κ1) is 13.9. The summed E-state index contributed by atoms with van der Waals surface area (Å²) in [5, 5.41) is 0.0611. The quantitative estimate of drug-likeness (QED) is 0.611. The van der Waals surface area contributed by atoms with Crippen molar-refractivity contribution in [3.63, 3.8) is 0 Å². The minimum absolute atomic E-state index is 0.0611. The third-order valence-electron chi connectivity index (χ3n) is 1.37. The highest BCUT2D eigenvalue weighted by Gasteiger charge is 2.33. The average Bonchev–Trinajstić information content (AvgIpc) is 1.93. The van der Waals surface area contributed by atoms with Gasteiger partial charge in [-0.05, 0) is 17.4 Å². The van der Waals surface area contributed by atoms with Crippen molar-refractivity contribution >= 4 is 14.5 Å². The lowest BCUT2D eigenvalue weighted by Crippen LogP contribution is -2.20. The predicted octanol–water partition coefficient (Wildman–Crippen LogP) is 2.98. The largest absolute Gasteiger partial charge is 0.573 e. The molecule has 0 spiro atoms. The normalized spacial score (nSPS) is 12.4. The molecule has 9 heteroatoms. The van der Waals surface area contributed by atoms with E-state index < -0.39 is 24.2 Å². The van der Waals surface area contributed by atoms with Crippen LogP contribution in [0.2, 0.25) is 0 Å². The zero-order valence-electron chi connectivity index (χ0n) is 7.89. The van der Waals surface area contributed by atoms with Crippen LogP contribution >= 0.6 is 9.24 Å². The van der Waals surface area contributed by atoms with Gasteiger partial charge in [-0.2, -0.15) is 0 Å². The second-order valence-electron chi connectivity index (χ2n) is 2.83. The van der Waals surface area contributed by atoms with Gasteiger partial charge < -0.3 is 9.47 Å². The van der Waals surface area contributed by atoms with Crippen LogP contribution in [-0.4, -0.2) is 12.7 Å². The van der Waals surface area contributed by atoms with Crippen LogP contribution < -0.4 is 14.8 Å². The molecule has 0 saturated carbocycles. The van der Waals surface area contributed by atoms with E-state index in [2.05, 4.69) is 9.47 Å². The van der Waals surface area contributed by atoms with E-state index in [1.807, 2.05) is 9.24 Å². The summed E-state index contributed by atoms with van der Waals surface area (Å²) in [5.74, 6) is -1.58. The average molecular weight is 278 g/mol. The molecule has 0 bridgehead atoms. The molecule has 0 aliphatic carbocycles. The van der Waals surface area contributed by atoms with E-state index >= 15 is 0 Å². The molecule has 0 aliphatic rings. The molecular weight excluding hydrogens is 273 g/mol. The summed E-state index contributed by atoms with van der Waals surface area (Å²) in [6.45, 7) is 0. The zero-order valence-corrected chi connectivity index (χ0v) is 9.05. The maximum absolute atomic E-state index is 11.9. The van der Waals surface area contributed by atoms with Gasteiger partial charge in [-0.15, -0.1) is 35.6 Å². The van der Waals surface area contributed by atoms with Crippen molar-refractivity contribution in [2.75, 3.05) is 0 Å². The molecular formula is C8H5F6O2P. The fourth-order valence-corrected chi connectivity index (χ4v) is 1.31. The van der Waals surface area contributed by atoms with Crippen LogP contribution in [0.3, 0.4) is 0 Å². The lowest BCUT2D eigenvalue weighted by molar-refractivity contribution is -0.276. The van der Waals surface area contributed by atoms with Crippen LogP contribution in [0.15, 0.2) is 18.2 Å². The summed E-state index contributed by atoms with van der Waals surface area (Å²) in [6.07, 6.45) is -9.96. The van der Waals surface area contributed by atoms with Gasteiger partial charge >= 0.3 is 12.7 Å². The third-order valence-corrected chi connectivity index (χ3v) is 1.70. The Morgan fingerprint density at radius 1 is 0.765 bits per heavy atom. The molecule has 96 valence electrons. The van der Waals surface area contributed by atoms with Crippen LogP contribution in [0.1, 0.15) is 0 Å². The second kappa shape index (κ2) is 4.60. The Morgan fingerprint density at radius 3 is 1.41 bits per heavy atom. The third kappa shape index (κ3) is 5.63. The summed E-state index contributed by atoms with van der Waals surface area (Å²) in [6, 6.07) is 2.30. The number of alkyl halides is 6. The van der Waals surface area contributed by atoms with Crippen LogP contribution in [-0.2, 0) is 0 Å². The van der Waals surface area contributed by atoms with Gasteiger partial charge in [-0.3, -0.25) is 0 Å². The number of hydrogen-bond acceptors (Lipinski definition) is 2. The maximum Gasteiger partial charge on any atom is 0.573 e. The smallest absolute Gasteiger partial charge is 0.406 e. The molecule has 1 rings (SSSR count). The molecule has 1 unspecified atom stereocenters.